The van der Waals surface area contributed by atoms with Gasteiger partial charge in [0.1, 0.15) is 0 Å². The van der Waals surface area contributed by atoms with Gasteiger partial charge in [0.2, 0.25) is 0 Å². The normalized spacial score (nSPS) is 13.1. The molecule has 0 amide bonds. The first-order chi connectivity index (χ1) is 7.16. The van der Waals surface area contributed by atoms with E-state index in [1.165, 1.54) is 5.56 Å². The van der Waals surface area contributed by atoms with Crippen LogP contribution in [-0.4, -0.2) is 23.8 Å². The van der Waals surface area contributed by atoms with Crippen molar-refractivity contribution >= 4 is 27.5 Å². The second-order valence-electron chi connectivity index (χ2n) is 3.72. The predicted molar refractivity (Wildman–Crippen MR) is 70.9 cm³/mol. The van der Waals surface area contributed by atoms with Crippen molar-refractivity contribution in [1.82, 2.24) is 4.90 Å². The third kappa shape index (κ3) is 3.78. The summed E-state index contributed by atoms with van der Waals surface area (Å²) >= 11 is 9.61. The first-order valence-corrected chi connectivity index (χ1v) is 6.67. The summed E-state index contributed by atoms with van der Waals surface area (Å²) in [5, 5.41) is 1.91. The molecular weight excluding hydrogens is 273 g/mol. The van der Waals surface area contributed by atoms with E-state index in [4.69, 9.17) is 11.6 Å². The van der Waals surface area contributed by atoms with Crippen molar-refractivity contribution in [3.63, 3.8) is 0 Å². The molecule has 0 radical (unpaired) electrons. The van der Waals surface area contributed by atoms with Crippen LogP contribution in [-0.2, 0) is 0 Å². The third-order valence-corrected chi connectivity index (χ3v) is 3.57. The van der Waals surface area contributed by atoms with Gasteiger partial charge in [-0.3, -0.25) is 4.90 Å². The zero-order valence-corrected chi connectivity index (χ0v) is 11.6. The van der Waals surface area contributed by atoms with Crippen molar-refractivity contribution in [2.75, 3.05) is 18.9 Å². The van der Waals surface area contributed by atoms with Crippen LogP contribution in [0.5, 0.6) is 0 Å². The van der Waals surface area contributed by atoms with E-state index in [1.54, 1.807) is 0 Å². The fourth-order valence-corrected chi connectivity index (χ4v) is 2.10. The Morgan fingerprint density at radius 3 is 2.67 bits per heavy atom. The molecule has 0 heterocycles. The van der Waals surface area contributed by atoms with Crippen LogP contribution in [0.1, 0.15) is 24.9 Å². The summed E-state index contributed by atoms with van der Waals surface area (Å²) in [6, 6.07) is 8.42. The van der Waals surface area contributed by atoms with Crippen molar-refractivity contribution < 1.29 is 0 Å². The predicted octanol–water partition coefficient (Wildman–Crippen LogP) is 4.12. The highest BCUT2D eigenvalue weighted by molar-refractivity contribution is 9.09. The van der Waals surface area contributed by atoms with Gasteiger partial charge in [0.05, 0.1) is 0 Å². The van der Waals surface area contributed by atoms with Crippen LogP contribution in [0.4, 0.5) is 0 Å². The van der Waals surface area contributed by atoms with Gasteiger partial charge in [-0.1, -0.05) is 45.7 Å². The van der Waals surface area contributed by atoms with E-state index in [9.17, 15) is 0 Å². The average Bonchev–Trinajstić information content (AvgIpc) is 2.25. The molecule has 1 rings (SSSR count). The first-order valence-electron chi connectivity index (χ1n) is 5.17. The van der Waals surface area contributed by atoms with Gasteiger partial charge in [-0.15, -0.1) is 0 Å². The molecule has 1 aromatic carbocycles. The van der Waals surface area contributed by atoms with E-state index >= 15 is 0 Å². The molecule has 0 spiro atoms. The number of hydrogen-bond donors (Lipinski definition) is 0. The van der Waals surface area contributed by atoms with Gasteiger partial charge in [0.25, 0.3) is 0 Å². The van der Waals surface area contributed by atoms with Crippen LogP contribution in [0.15, 0.2) is 24.3 Å². The number of nitrogens with zero attached hydrogens (tertiary/aromatic N) is 1. The number of rotatable bonds is 5. The standard InChI is InChI=1S/C12H17BrClN/c1-10(15(2)9-5-8-13)11-6-3-4-7-12(11)14/h3-4,6-7,10H,5,8-9H2,1-2H3. The maximum Gasteiger partial charge on any atom is 0.0453 e. The van der Waals surface area contributed by atoms with Gasteiger partial charge in [-0.05, 0) is 38.6 Å². The molecular formula is C12H17BrClN. The summed E-state index contributed by atoms with van der Waals surface area (Å²) in [4.78, 5) is 2.32. The lowest BCUT2D eigenvalue weighted by Crippen LogP contribution is -2.24. The summed E-state index contributed by atoms with van der Waals surface area (Å²) in [6.07, 6.45) is 1.16. The molecule has 0 aliphatic rings. The van der Waals surface area contributed by atoms with Crippen molar-refractivity contribution in [3.8, 4) is 0 Å². The van der Waals surface area contributed by atoms with Crippen molar-refractivity contribution in [2.24, 2.45) is 0 Å². The largest absolute Gasteiger partial charge is 0.300 e. The Morgan fingerprint density at radius 1 is 1.40 bits per heavy atom. The number of alkyl halides is 1. The van der Waals surface area contributed by atoms with Gasteiger partial charge in [0.15, 0.2) is 0 Å². The molecule has 1 nitrogen and oxygen atoms in total. The Hall–Kier alpha value is -0.0500. The monoisotopic (exact) mass is 289 g/mol. The highest BCUT2D eigenvalue weighted by Crippen LogP contribution is 2.26. The molecule has 0 bridgehead atoms. The SMILES string of the molecule is CC(c1ccccc1Cl)N(C)CCCBr. The highest BCUT2D eigenvalue weighted by atomic mass is 79.9. The molecule has 1 unspecified atom stereocenters. The molecule has 0 saturated heterocycles. The first kappa shape index (κ1) is 13.0. The van der Waals surface area contributed by atoms with E-state index in [0.717, 1.165) is 23.3 Å². The Morgan fingerprint density at radius 2 is 2.07 bits per heavy atom. The second-order valence-corrected chi connectivity index (χ2v) is 4.92. The lowest BCUT2D eigenvalue weighted by molar-refractivity contribution is 0.263. The maximum atomic E-state index is 6.16. The third-order valence-electron chi connectivity index (χ3n) is 2.66. The molecule has 0 N–H and O–H groups in total. The molecule has 15 heavy (non-hydrogen) atoms. The van der Waals surface area contributed by atoms with E-state index in [0.29, 0.717) is 6.04 Å². The van der Waals surface area contributed by atoms with Crippen molar-refractivity contribution in [1.29, 1.82) is 0 Å². The zero-order valence-electron chi connectivity index (χ0n) is 9.21. The molecule has 0 aromatic heterocycles. The molecule has 1 atom stereocenters. The number of benzene rings is 1. The van der Waals surface area contributed by atoms with Crippen LogP contribution < -0.4 is 0 Å². The van der Waals surface area contributed by atoms with Crippen LogP contribution >= 0.6 is 27.5 Å². The van der Waals surface area contributed by atoms with Crippen LogP contribution in [0, 0.1) is 0 Å². The summed E-state index contributed by atoms with van der Waals surface area (Å²) in [6.45, 7) is 3.27. The summed E-state index contributed by atoms with van der Waals surface area (Å²) < 4.78 is 0. The van der Waals surface area contributed by atoms with Gasteiger partial charge in [0, 0.05) is 16.4 Å². The maximum absolute atomic E-state index is 6.16. The van der Waals surface area contributed by atoms with Gasteiger partial charge < -0.3 is 0 Å². The Labute approximate surface area is 106 Å². The van der Waals surface area contributed by atoms with Gasteiger partial charge in [-0.25, -0.2) is 0 Å². The second kappa shape index (κ2) is 6.51. The Kier molecular flexibility index (Phi) is 5.65. The Balaban J connectivity index is 2.67. The molecule has 3 heteroatoms. The van der Waals surface area contributed by atoms with Crippen molar-refractivity contribution in [3.05, 3.63) is 34.9 Å². The van der Waals surface area contributed by atoms with Crippen LogP contribution in [0.2, 0.25) is 5.02 Å². The fraction of sp³-hybridized carbons (Fsp3) is 0.500. The summed E-state index contributed by atoms with van der Waals surface area (Å²) in [5.74, 6) is 0. The molecule has 0 fully saturated rings. The number of hydrogen-bond acceptors (Lipinski definition) is 1. The van der Waals surface area contributed by atoms with Crippen LogP contribution in [0.25, 0.3) is 0 Å². The molecule has 0 aliphatic carbocycles. The number of halogens is 2. The zero-order chi connectivity index (χ0) is 11.3. The minimum Gasteiger partial charge on any atom is -0.300 e. The van der Waals surface area contributed by atoms with Crippen LogP contribution in [0.3, 0.4) is 0 Å². The quantitative estimate of drug-likeness (QED) is 0.737. The molecule has 84 valence electrons. The summed E-state index contributed by atoms with van der Waals surface area (Å²) in [7, 11) is 2.14. The minimum atomic E-state index is 0.373. The highest BCUT2D eigenvalue weighted by Gasteiger charge is 2.13. The van der Waals surface area contributed by atoms with E-state index < -0.39 is 0 Å². The van der Waals surface area contributed by atoms with Gasteiger partial charge >= 0.3 is 0 Å². The Bertz CT molecular complexity index is 303. The minimum absolute atomic E-state index is 0.373. The topological polar surface area (TPSA) is 3.24 Å². The lowest BCUT2D eigenvalue weighted by Gasteiger charge is -2.25. The summed E-state index contributed by atoms with van der Waals surface area (Å²) in [5.41, 5.74) is 1.20. The van der Waals surface area contributed by atoms with E-state index in [1.807, 2.05) is 18.2 Å². The van der Waals surface area contributed by atoms with E-state index in [-0.39, 0.29) is 0 Å². The molecule has 0 aliphatic heterocycles. The van der Waals surface area contributed by atoms with Gasteiger partial charge in [-0.2, -0.15) is 0 Å². The smallest absolute Gasteiger partial charge is 0.0453 e. The average molecular weight is 291 g/mol. The molecule has 1 aromatic rings. The molecule has 0 saturated carbocycles. The fourth-order valence-electron chi connectivity index (χ4n) is 1.55. The lowest BCUT2D eigenvalue weighted by atomic mass is 10.1. The van der Waals surface area contributed by atoms with E-state index in [2.05, 4.69) is 40.9 Å². The van der Waals surface area contributed by atoms with Crippen molar-refractivity contribution in [2.45, 2.75) is 19.4 Å².